The summed E-state index contributed by atoms with van der Waals surface area (Å²) in [7, 11) is 0. The molecule has 1 saturated heterocycles. The fourth-order valence-electron chi connectivity index (χ4n) is 2.43. The first kappa shape index (κ1) is 12.8. The Morgan fingerprint density at radius 3 is 2.76 bits per heavy atom. The molecule has 1 aliphatic heterocycles. The lowest BCUT2D eigenvalue weighted by Gasteiger charge is -2.31. The average molecular weight is 254 g/mol. The molecule has 96 valence electrons. The van der Waals surface area contributed by atoms with Gasteiger partial charge in [-0.2, -0.15) is 0 Å². The molecule has 0 amide bonds. The van der Waals surface area contributed by atoms with Gasteiger partial charge in [0.05, 0.1) is 11.8 Å². The number of hydrogen-bond donors (Lipinski definition) is 1. The van der Waals surface area contributed by atoms with E-state index in [9.17, 15) is 5.11 Å². The van der Waals surface area contributed by atoms with Crippen LogP contribution in [0, 0.1) is 5.92 Å². The van der Waals surface area contributed by atoms with Crippen LogP contribution >= 0.6 is 11.3 Å². The summed E-state index contributed by atoms with van der Waals surface area (Å²) in [6, 6.07) is 0. The lowest BCUT2D eigenvalue weighted by molar-refractivity contribution is 0.195. The highest BCUT2D eigenvalue weighted by molar-refractivity contribution is 7.13. The lowest BCUT2D eigenvalue weighted by Crippen LogP contribution is -2.33. The van der Waals surface area contributed by atoms with Gasteiger partial charge in [-0.3, -0.25) is 0 Å². The number of thiazole rings is 1. The molecule has 1 aliphatic rings. The quantitative estimate of drug-likeness (QED) is 0.896. The number of aliphatic hydroxyl groups excluding tert-OH is 1. The van der Waals surface area contributed by atoms with Crippen LogP contribution in [0.2, 0.25) is 0 Å². The number of piperidine rings is 1. The zero-order chi connectivity index (χ0) is 12.3. The van der Waals surface area contributed by atoms with Gasteiger partial charge in [0.2, 0.25) is 0 Å². The zero-order valence-electron chi connectivity index (χ0n) is 10.7. The summed E-state index contributed by atoms with van der Waals surface area (Å²) in [5.74, 6) is 0.910. The highest BCUT2D eigenvalue weighted by atomic mass is 32.1. The first-order valence-corrected chi connectivity index (χ1v) is 7.47. The van der Waals surface area contributed by atoms with E-state index in [2.05, 4.69) is 16.8 Å². The largest absolute Gasteiger partial charge is 0.387 e. The topological polar surface area (TPSA) is 36.4 Å². The number of hydrogen-bond acceptors (Lipinski definition) is 4. The summed E-state index contributed by atoms with van der Waals surface area (Å²) in [5.41, 5.74) is 0.806. The van der Waals surface area contributed by atoms with Crippen LogP contribution in [0.3, 0.4) is 0 Å². The second-order valence-corrected chi connectivity index (χ2v) is 5.79. The van der Waals surface area contributed by atoms with E-state index in [-0.39, 0.29) is 0 Å². The van der Waals surface area contributed by atoms with E-state index in [1.165, 1.54) is 25.7 Å². The van der Waals surface area contributed by atoms with Crippen LogP contribution in [-0.2, 0) is 0 Å². The third-order valence-corrected chi connectivity index (χ3v) is 4.44. The first-order chi connectivity index (χ1) is 8.20. The Bertz CT molecular complexity index is 343. The Morgan fingerprint density at radius 1 is 1.53 bits per heavy atom. The van der Waals surface area contributed by atoms with Crippen LogP contribution in [0.1, 0.15) is 51.3 Å². The minimum absolute atomic E-state index is 0.447. The molecule has 0 saturated carbocycles. The van der Waals surface area contributed by atoms with Gasteiger partial charge in [-0.1, -0.05) is 19.8 Å². The van der Waals surface area contributed by atoms with E-state index in [1.807, 2.05) is 5.38 Å². The molecular formula is C13H22N2OS. The molecule has 3 nitrogen and oxygen atoms in total. The summed E-state index contributed by atoms with van der Waals surface area (Å²) in [5, 5.41) is 12.5. The van der Waals surface area contributed by atoms with Crippen LogP contribution in [0.25, 0.3) is 0 Å². The fourth-order valence-corrected chi connectivity index (χ4v) is 3.40. The molecule has 1 unspecified atom stereocenters. The minimum Gasteiger partial charge on any atom is -0.387 e. The molecule has 0 aliphatic carbocycles. The summed E-state index contributed by atoms with van der Waals surface area (Å²) in [6.45, 7) is 6.28. The van der Waals surface area contributed by atoms with Crippen molar-refractivity contribution in [3.8, 4) is 0 Å². The van der Waals surface area contributed by atoms with Gasteiger partial charge in [0, 0.05) is 18.5 Å². The van der Waals surface area contributed by atoms with E-state index in [4.69, 9.17) is 0 Å². The van der Waals surface area contributed by atoms with E-state index in [0.29, 0.717) is 0 Å². The predicted octanol–water partition coefficient (Wildman–Crippen LogP) is 3.21. The van der Waals surface area contributed by atoms with Crippen LogP contribution in [0.4, 0.5) is 5.13 Å². The molecule has 0 radical (unpaired) electrons. The summed E-state index contributed by atoms with van der Waals surface area (Å²) in [4.78, 5) is 6.86. The van der Waals surface area contributed by atoms with Crippen molar-refractivity contribution in [2.45, 2.75) is 45.6 Å². The molecule has 17 heavy (non-hydrogen) atoms. The van der Waals surface area contributed by atoms with Crippen molar-refractivity contribution in [3.63, 3.8) is 0 Å². The molecule has 1 aromatic rings. The number of aliphatic hydroxyl groups is 1. The molecule has 4 heteroatoms. The Balaban J connectivity index is 1.91. The van der Waals surface area contributed by atoms with Gasteiger partial charge in [0.15, 0.2) is 5.13 Å². The molecule has 2 heterocycles. The van der Waals surface area contributed by atoms with Crippen molar-refractivity contribution in [1.82, 2.24) is 4.98 Å². The highest BCUT2D eigenvalue weighted by Crippen LogP contribution is 2.29. The van der Waals surface area contributed by atoms with Crippen LogP contribution in [0.15, 0.2) is 5.38 Å². The van der Waals surface area contributed by atoms with Gasteiger partial charge >= 0.3 is 0 Å². The normalized spacial score (nSPS) is 19.6. The van der Waals surface area contributed by atoms with E-state index in [0.717, 1.165) is 29.8 Å². The molecule has 0 aromatic carbocycles. The average Bonchev–Trinajstić information content (AvgIpc) is 2.80. The Morgan fingerprint density at radius 2 is 2.24 bits per heavy atom. The van der Waals surface area contributed by atoms with Gasteiger partial charge in [-0.25, -0.2) is 4.98 Å². The van der Waals surface area contributed by atoms with Crippen molar-refractivity contribution >= 4 is 16.5 Å². The standard InChI is InChI=1S/C13H22N2OS/c1-3-4-11-5-7-15(8-6-11)13-14-12(9-17-13)10(2)16/h9-11,16H,3-8H2,1-2H3. The van der Waals surface area contributed by atoms with Crippen LogP contribution in [-0.4, -0.2) is 23.2 Å². The van der Waals surface area contributed by atoms with Gasteiger partial charge in [-0.15, -0.1) is 11.3 Å². The van der Waals surface area contributed by atoms with Crippen LogP contribution in [0.5, 0.6) is 0 Å². The third kappa shape index (κ3) is 3.19. The molecule has 1 fully saturated rings. The highest BCUT2D eigenvalue weighted by Gasteiger charge is 2.21. The smallest absolute Gasteiger partial charge is 0.185 e. The van der Waals surface area contributed by atoms with Crippen molar-refractivity contribution in [2.75, 3.05) is 18.0 Å². The van der Waals surface area contributed by atoms with Crippen LogP contribution < -0.4 is 4.90 Å². The fraction of sp³-hybridized carbons (Fsp3) is 0.769. The molecule has 1 aromatic heterocycles. The van der Waals surface area contributed by atoms with Gasteiger partial charge < -0.3 is 10.0 Å². The minimum atomic E-state index is -0.447. The molecule has 2 rings (SSSR count). The second-order valence-electron chi connectivity index (χ2n) is 4.95. The molecule has 1 N–H and O–H groups in total. The van der Waals surface area contributed by atoms with E-state index >= 15 is 0 Å². The van der Waals surface area contributed by atoms with Gasteiger partial charge in [0.25, 0.3) is 0 Å². The van der Waals surface area contributed by atoms with E-state index in [1.54, 1.807) is 18.3 Å². The number of aromatic nitrogens is 1. The van der Waals surface area contributed by atoms with Crippen molar-refractivity contribution < 1.29 is 5.11 Å². The third-order valence-electron chi connectivity index (χ3n) is 3.52. The summed E-state index contributed by atoms with van der Waals surface area (Å²) < 4.78 is 0. The van der Waals surface area contributed by atoms with Crippen molar-refractivity contribution in [1.29, 1.82) is 0 Å². The maximum absolute atomic E-state index is 9.47. The molecular weight excluding hydrogens is 232 g/mol. The number of rotatable bonds is 4. The molecule has 1 atom stereocenters. The van der Waals surface area contributed by atoms with Gasteiger partial charge in [-0.05, 0) is 25.7 Å². The lowest BCUT2D eigenvalue weighted by atomic mass is 9.93. The maximum atomic E-state index is 9.47. The van der Waals surface area contributed by atoms with E-state index < -0.39 is 6.10 Å². The second kappa shape index (κ2) is 5.83. The number of anilines is 1. The number of nitrogens with zero attached hydrogens (tertiary/aromatic N) is 2. The summed E-state index contributed by atoms with van der Waals surface area (Å²) in [6.07, 6.45) is 4.80. The van der Waals surface area contributed by atoms with Gasteiger partial charge in [0.1, 0.15) is 0 Å². The monoisotopic (exact) mass is 254 g/mol. The summed E-state index contributed by atoms with van der Waals surface area (Å²) >= 11 is 1.65. The maximum Gasteiger partial charge on any atom is 0.185 e. The molecule has 0 bridgehead atoms. The molecule has 0 spiro atoms. The Labute approximate surface area is 107 Å². The van der Waals surface area contributed by atoms with Crippen molar-refractivity contribution in [2.24, 2.45) is 5.92 Å². The van der Waals surface area contributed by atoms with Crippen molar-refractivity contribution in [3.05, 3.63) is 11.1 Å². The first-order valence-electron chi connectivity index (χ1n) is 6.59. The predicted molar refractivity (Wildman–Crippen MR) is 72.6 cm³/mol. The Hall–Kier alpha value is -0.610. The zero-order valence-corrected chi connectivity index (χ0v) is 11.5. The SMILES string of the molecule is CCCC1CCN(c2nc(C(C)O)cs2)CC1. The Kier molecular flexibility index (Phi) is 4.40.